The number of carbonyl (C=O) groups is 1. The first kappa shape index (κ1) is 17.0. The molecule has 1 unspecified atom stereocenters. The lowest BCUT2D eigenvalue weighted by atomic mass is 9.96. The lowest BCUT2D eigenvalue weighted by Gasteiger charge is -2.28. The molecule has 0 radical (unpaired) electrons. The summed E-state index contributed by atoms with van der Waals surface area (Å²) >= 11 is 0. The van der Waals surface area contributed by atoms with Gasteiger partial charge in [0.25, 0.3) is 0 Å². The van der Waals surface area contributed by atoms with Crippen LogP contribution in [-0.4, -0.2) is 32.9 Å². The fourth-order valence-electron chi connectivity index (χ4n) is 3.03. The molecular formula is C17H29N3O2. The number of hydrogen-bond donors (Lipinski definition) is 2. The first-order valence-electron chi connectivity index (χ1n) is 8.21. The molecule has 1 aromatic heterocycles. The molecule has 0 aromatic carbocycles. The summed E-state index contributed by atoms with van der Waals surface area (Å²) < 4.78 is 1.99. The molecule has 1 aliphatic rings. The molecule has 0 saturated heterocycles. The van der Waals surface area contributed by atoms with Crippen LogP contribution < -0.4 is 5.32 Å². The largest absolute Gasteiger partial charge is 0.394 e. The molecule has 1 fully saturated rings. The molecule has 22 heavy (non-hydrogen) atoms. The van der Waals surface area contributed by atoms with Gasteiger partial charge < -0.3 is 10.4 Å². The van der Waals surface area contributed by atoms with Crippen LogP contribution >= 0.6 is 0 Å². The minimum Gasteiger partial charge on any atom is -0.394 e. The third kappa shape index (κ3) is 3.69. The number of aromatic nitrogens is 2. The highest BCUT2D eigenvalue weighted by Crippen LogP contribution is 2.39. The van der Waals surface area contributed by atoms with E-state index < -0.39 is 5.54 Å². The molecule has 0 bridgehead atoms. The van der Waals surface area contributed by atoms with Crippen LogP contribution in [0.3, 0.4) is 0 Å². The molecule has 1 saturated carbocycles. The van der Waals surface area contributed by atoms with Gasteiger partial charge in [-0.25, -0.2) is 0 Å². The number of amides is 1. The van der Waals surface area contributed by atoms with Crippen LogP contribution in [-0.2, 0) is 17.8 Å². The van der Waals surface area contributed by atoms with Crippen molar-refractivity contribution in [2.75, 3.05) is 6.61 Å². The Hall–Kier alpha value is -1.36. The van der Waals surface area contributed by atoms with Crippen LogP contribution in [0.5, 0.6) is 0 Å². The highest BCUT2D eigenvalue weighted by molar-refractivity contribution is 5.80. The van der Waals surface area contributed by atoms with Crippen LogP contribution in [0.2, 0.25) is 0 Å². The molecule has 1 atom stereocenters. The zero-order valence-electron chi connectivity index (χ0n) is 14.4. The summed E-state index contributed by atoms with van der Waals surface area (Å²) in [5.74, 6) is 0.901. The van der Waals surface area contributed by atoms with Gasteiger partial charge in [-0.15, -0.1) is 0 Å². The Bertz CT molecular complexity index is 546. The van der Waals surface area contributed by atoms with E-state index in [9.17, 15) is 9.90 Å². The second-order valence-electron chi connectivity index (χ2n) is 7.30. The van der Waals surface area contributed by atoms with Gasteiger partial charge in [-0.1, -0.05) is 13.8 Å². The summed E-state index contributed by atoms with van der Waals surface area (Å²) in [5.41, 5.74) is 2.52. The number of nitrogens with zero attached hydrogens (tertiary/aromatic N) is 2. The smallest absolute Gasteiger partial charge is 0.225 e. The number of aliphatic hydroxyl groups excluding tert-OH is 1. The highest BCUT2D eigenvalue weighted by Gasteiger charge is 2.42. The van der Waals surface area contributed by atoms with E-state index in [1.54, 1.807) is 0 Å². The Balaban J connectivity index is 2.06. The van der Waals surface area contributed by atoms with E-state index in [-0.39, 0.29) is 12.5 Å². The molecule has 2 rings (SSSR count). The van der Waals surface area contributed by atoms with Crippen molar-refractivity contribution < 1.29 is 9.90 Å². The molecule has 0 aliphatic heterocycles. The average Bonchev–Trinajstić information content (AvgIpc) is 3.24. The van der Waals surface area contributed by atoms with E-state index >= 15 is 0 Å². The summed E-state index contributed by atoms with van der Waals surface area (Å²) in [6.45, 7) is 11.1. The van der Waals surface area contributed by atoms with Crippen molar-refractivity contribution in [3.8, 4) is 0 Å². The minimum atomic E-state index is -0.479. The molecule has 5 nitrogen and oxygen atoms in total. The summed E-state index contributed by atoms with van der Waals surface area (Å²) in [6, 6.07) is 0. The van der Waals surface area contributed by atoms with Crippen LogP contribution in [0.4, 0.5) is 0 Å². The van der Waals surface area contributed by atoms with Crippen molar-refractivity contribution in [1.29, 1.82) is 0 Å². The third-order valence-electron chi connectivity index (χ3n) is 4.64. The van der Waals surface area contributed by atoms with Gasteiger partial charge in [0.15, 0.2) is 0 Å². The maximum absolute atomic E-state index is 12.4. The van der Waals surface area contributed by atoms with Crippen LogP contribution in [0.1, 0.15) is 50.6 Å². The van der Waals surface area contributed by atoms with Crippen molar-refractivity contribution in [3.05, 3.63) is 17.0 Å². The number of hydrogen-bond acceptors (Lipinski definition) is 3. The minimum absolute atomic E-state index is 0.00597. The predicted octanol–water partition coefficient (Wildman–Crippen LogP) is 1.98. The lowest BCUT2D eigenvalue weighted by Crippen LogP contribution is -2.51. The Kier molecular flexibility index (Phi) is 4.95. The van der Waals surface area contributed by atoms with Gasteiger partial charge in [-0.2, -0.15) is 5.10 Å². The number of rotatable bonds is 7. The van der Waals surface area contributed by atoms with Crippen molar-refractivity contribution in [3.63, 3.8) is 0 Å². The Morgan fingerprint density at radius 2 is 2.09 bits per heavy atom. The van der Waals surface area contributed by atoms with E-state index in [0.717, 1.165) is 36.3 Å². The summed E-state index contributed by atoms with van der Waals surface area (Å²) in [6.07, 6.45) is 2.50. The Morgan fingerprint density at radius 1 is 1.45 bits per heavy atom. The fourth-order valence-corrected chi connectivity index (χ4v) is 3.03. The molecule has 2 N–H and O–H groups in total. The lowest BCUT2D eigenvalue weighted by molar-refractivity contribution is -0.123. The molecule has 0 spiro atoms. The van der Waals surface area contributed by atoms with Gasteiger partial charge in [0, 0.05) is 17.8 Å². The van der Waals surface area contributed by atoms with Crippen molar-refractivity contribution in [2.24, 2.45) is 11.8 Å². The van der Waals surface area contributed by atoms with Gasteiger partial charge in [0.1, 0.15) is 0 Å². The van der Waals surface area contributed by atoms with Crippen LogP contribution in [0.15, 0.2) is 0 Å². The van der Waals surface area contributed by atoms with Gasteiger partial charge in [-0.05, 0) is 45.4 Å². The van der Waals surface area contributed by atoms with E-state index in [2.05, 4.69) is 24.3 Å². The number of aryl methyl sites for hydroxylation is 1. The topological polar surface area (TPSA) is 67.2 Å². The maximum atomic E-state index is 12.4. The number of nitrogens with one attached hydrogen (secondary N) is 1. The zero-order chi connectivity index (χ0) is 16.5. The van der Waals surface area contributed by atoms with Crippen molar-refractivity contribution >= 4 is 5.91 Å². The summed E-state index contributed by atoms with van der Waals surface area (Å²) in [7, 11) is 0. The molecular weight excluding hydrogens is 278 g/mol. The van der Waals surface area contributed by atoms with Crippen molar-refractivity contribution in [1.82, 2.24) is 15.1 Å². The molecule has 1 aliphatic carbocycles. The number of carbonyl (C=O) groups excluding carboxylic acids is 1. The monoisotopic (exact) mass is 307 g/mol. The highest BCUT2D eigenvalue weighted by atomic mass is 16.3. The van der Waals surface area contributed by atoms with E-state index in [1.165, 1.54) is 0 Å². The molecule has 1 aromatic rings. The SMILES string of the molecule is Cc1nn(CC(C)C)c(C)c1CC(=O)NC(C)(CO)C1CC1. The predicted molar refractivity (Wildman–Crippen MR) is 86.6 cm³/mol. The first-order chi connectivity index (χ1) is 10.3. The van der Waals surface area contributed by atoms with Crippen LogP contribution in [0, 0.1) is 25.7 Å². The zero-order valence-corrected chi connectivity index (χ0v) is 14.4. The van der Waals surface area contributed by atoms with E-state index in [1.807, 2.05) is 25.5 Å². The molecule has 1 heterocycles. The van der Waals surface area contributed by atoms with Crippen LogP contribution in [0.25, 0.3) is 0 Å². The maximum Gasteiger partial charge on any atom is 0.225 e. The van der Waals surface area contributed by atoms with E-state index in [4.69, 9.17) is 0 Å². The normalized spacial score (nSPS) is 17.6. The Morgan fingerprint density at radius 3 is 2.59 bits per heavy atom. The Labute approximate surface area is 133 Å². The second-order valence-corrected chi connectivity index (χ2v) is 7.30. The average molecular weight is 307 g/mol. The summed E-state index contributed by atoms with van der Waals surface area (Å²) in [4.78, 5) is 12.4. The standard InChI is InChI=1S/C17H29N3O2/c1-11(2)9-20-13(4)15(12(3)19-20)8-16(22)18-17(5,10-21)14-6-7-14/h11,14,21H,6-10H2,1-5H3,(H,18,22). The van der Waals surface area contributed by atoms with Crippen molar-refractivity contribution in [2.45, 2.75) is 66.0 Å². The third-order valence-corrected chi connectivity index (χ3v) is 4.64. The van der Waals surface area contributed by atoms with Gasteiger partial charge in [0.05, 0.1) is 24.3 Å². The first-order valence-corrected chi connectivity index (χ1v) is 8.21. The molecule has 5 heteroatoms. The quantitative estimate of drug-likeness (QED) is 0.809. The molecule has 1 amide bonds. The molecule has 124 valence electrons. The number of aliphatic hydroxyl groups is 1. The van der Waals surface area contributed by atoms with E-state index in [0.29, 0.717) is 18.3 Å². The van der Waals surface area contributed by atoms with Gasteiger partial charge in [0.2, 0.25) is 5.91 Å². The van der Waals surface area contributed by atoms with Gasteiger partial charge in [-0.3, -0.25) is 9.48 Å². The fraction of sp³-hybridized carbons (Fsp3) is 0.765. The second kappa shape index (κ2) is 6.41. The summed E-state index contributed by atoms with van der Waals surface area (Å²) in [5, 5.41) is 17.2. The van der Waals surface area contributed by atoms with Gasteiger partial charge >= 0.3 is 0 Å².